The van der Waals surface area contributed by atoms with Crippen molar-refractivity contribution in [3.8, 4) is 45.3 Å². The van der Waals surface area contributed by atoms with E-state index in [4.69, 9.17) is 23.8 Å². The quantitative estimate of drug-likeness (QED) is 0.187. The number of benzene rings is 8. The molecule has 0 atom stereocenters. The Bertz CT molecular complexity index is 3120. The van der Waals surface area contributed by atoms with Gasteiger partial charge in [0, 0.05) is 43.6 Å². The second-order valence-corrected chi connectivity index (χ2v) is 13.1. The van der Waals surface area contributed by atoms with E-state index in [1.54, 1.807) is 0 Å². The van der Waals surface area contributed by atoms with Crippen LogP contribution < -0.4 is 0 Å². The molecule has 0 fully saturated rings. The van der Waals surface area contributed by atoms with E-state index < -0.39 is 0 Å². The van der Waals surface area contributed by atoms with Crippen LogP contribution in [-0.4, -0.2) is 15.0 Å². The van der Waals surface area contributed by atoms with Gasteiger partial charge in [0.2, 0.25) is 0 Å². The van der Waals surface area contributed by atoms with Gasteiger partial charge < -0.3 is 8.83 Å². The Hall–Kier alpha value is -7.11. The van der Waals surface area contributed by atoms with Crippen molar-refractivity contribution in [2.24, 2.45) is 0 Å². The molecule has 0 radical (unpaired) electrons. The van der Waals surface area contributed by atoms with Crippen molar-refractivity contribution in [3.05, 3.63) is 164 Å². The Morgan fingerprint density at radius 3 is 1.52 bits per heavy atom. The van der Waals surface area contributed by atoms with E-state index in [0.29, 0.717) is 17.5 Å². The van der Waals surface area contributed by atoms with Crippen molar-refractivity contribution in [2.75, 3.05) is 0 Å². The lowest BCUT2D eigenvalue weighted by Crippen LogP contribution is -2.00. The molecule has 5 heteroatoms. The highest BCUT2D eigenvalue weighted by Gasteiger charge is 2.22. The van der Waals surface area contributed by atoms with Crippen molar-refractivity contribution in [2.45, 2.75) is 0 Å². The summed E-state index contributed by atoms with van der Waals surface area (Å²) in [6, 6.07) is 56.1. The molecule has 5 nitrogen and oxygen atoms in total. The lowest BCUT2D eigenvalue weighted by Gasteiger charge is -2.15. The van der Waals surface area contributed by atoms with Crippen LogP contribution in [-0.2, 0) is 0 Å². The second kappa shape index (κ2) is 11.2. The van der Waals surface area contributed by atoms with Crippen LogP contribution in [0.4, 0.5) is 0 Å². The molecule has 0 aliphatic carbocycles. The van der Waals surface area contributed by atoms with Crippen molar-refractivity contribution < 1.29 is 8.83 Å². The summed E-state index contributed by atoms with van der Waals surface area (Å²) >= 11 is 0. The molecular formula is C47H27N3O2. The molecule has 0 bridgehead atoms. The molecule has 3 heterocycles. The monoisotopic (exact) mass is 665 g/mol. The Labute approximate surface area is 297 Å². The summed E-state index contributed by atoms with van der Waals surface area (Å²) in [5.74, 6) is 1.89. The van der Waals surface area contributed by atoms with Gasteiger partial charge in [-0.05, 0) is 57.6 Å². The summed E-state index contributed by atoms with van der Waals surface area (Å²) in [4.78, 5) is 15.1. The van der Waals surface area contributed by atoms with E-state index in [9.17, 15) is 0 Å². The zero-order valence-corrected chi connectivity index (χ0v) is 27.7. The molecule has 0 saturated heterocycles. The number of furan rings is 2. The average molecular weight is 666 g/mol. The summed E-state index contributed by atoms with van der Waals surface area (Å²) < 4.78 is 13.3. The lowest BCUT2D eigenvalue weighted by atomic mass is 9.89. The SMILES string of the molecule is c1ccc(-c2nc(-c3ccccc3)nc(-c3ccc(-c4cc5oc6ccccc6c5c5c4ccc4c6ccccc6oc45)c4ccccc34)n2)cc1. The van der Waals surface area contributed by atoms with Crippen LogP contribution >= 0.6 is 0 Å². The number of fused-ring (bicyclic) bond motifs is 10. The molecule has 0 spiro atoms. The van der Waals surface area contributed by atoms with Gasteiger partial charge in [-0.3, -0.25) is 0 Å². The summed E-state index contributed by atoms with van der Waals surface area (Å²) in [7, 11) is 0. The van der Waals surface area contributed by atoms with Crippen LogP contribution in [0.5, 0.6) is 0 Å². The fourth-order valence-corrected chi connectivity index (χ4v) is 7.78. The standard InChI is InChI=1S/C47H27N3O2/c1-3-13-28(14-4-1)45-48-46(29-15-5-2-6-16-29)50-47(49-45)36-26-23-32(30-17-7-8-18-31(30)36)38-27-41-42(37-20-10-12-22-40(37)51-41)43-34(38)24-25-35-33-19-9-11-21-39(33)52-44(35)43/h1-27H. The maximum absolute atomic E-state index is 6.68. The summed E-state index contributed by atoms with van der Waals surface area (Å²) in [6.07, 6.45) is 0. The molecule has 242 valence electrons. The highest BCUT2D eigenvalue weighted by Crippen LogP contribution is 2.46. The van der Waals surface area contributed by atoms with Crippen LogP contribution in [0, 0.1) is 0 Å². The predicted molar refractivity (Wildman–Crippen MR) is 211 cm³/mol. The van der Waals surface area contributed by atoms with Gasteiger partial charge in [0.25, 0.3) is 0 Å². The van der Waals surface area contributed by atoms with E-state index in [0.717, 1.165) is 93.2 Å². The number of hydrogen-bond acceptors (Lipinski definition) is 5. The first kappa shape index (κ1) is 28.7. The first-order valence-electron chi connectivity index (χ1n) is 17.4. The Morgan fingerprint density at radius 1 is 0.308 bits per heavy atom. The van der Waals surface area contributed by atoms with Crippen LogP contribution in [0.3, 0.4) is 0 Å². The molecule has 52 heavy (non-hydrogen) atoms. The van der Waals surface area contributed by atoms with Crippen LogP contribution in [0.25, 0.3) is 111 Å². The molecule has 0 aliphatic rings. The van der Waals surface area contributed by atoms with Gasteiger partial charge in [-0.2, -0.15) is 0 Å². The third kappa shape index (κ3) is 4.33. The number of rotatable bonds is 4. The third-order valence-electron chi connectivity index (χ3n) is 10.1. The van der Waals surface area contributed by atoms with Gasteiger partial charge in [0.15, 0.2) is 17.5 Å². The minimum atomic E-state index is 0.622. The molecule has 0 unspecified atom stereocenters. The van der Waals surface area contributed by atoms with Gasteiger partial charge in [0.05, 0.1) is 0 Å². The van der Waals surface area contributed by atoms with E-state index in [-0.39, 0.29) is 0 Å². The number of hydrogen-bond donors (Lipinski definition) is 0. The average Bonchev–Trinajstić information content (AvgIpc) is 3.79. The maximum Gasteiger partial charge on any atom is 0.164 e. The highest BCUT2D eigenvalue weighted by molar-refractivity contribution is 6.31. The van der Waals surface area contributed by atoms with Crippen molar-refractivity contribution >= 4 is 65.4 Å². The molecule has 3 aromatic heterocycles. The molecule has 11 rings (SSSR count). The van der Waals surface area contributed by atoms with E-state index >= 15 is 0 Å². The van der Waals surface area contributed by atoms with Gasteiger partial charge in [-0.1, -0.05) is 133 Å². The molecule has 11 aromatic rings. The van der Waals surface area contributed by atoms with Crippen molar-refractivity contribution in [1.82, 2.24) is 15.0 Å². The van der Waals surface area contributed by atoms with Crippen molar-refractivity contribution in [1.29, 1.82) is 0 Å². The first-order valence-corrected chi connectivity index (χ1v) is 17.4. The fourth-order valence-electron chi connectivity index (χ4n) is 7.78. The minimum absolute atomic E-state index is 0.622. The number of aromatic nitrogens is 3. The molecule has 0 N–H and O–H groups in total. The topological polar surface area (TPSA) is 65.0 Å². The van der Waals surface area contributed by atoms with E-state index in [1.807, 2.05) is 84.9 Å². The molecule has 0 aliphatic heterocycles. The third-order valence-corrected chi connectivity index (χ3v) is 10.1. The Kier molecular flexibility index (Phi) is 6.18. The Balaban J connectivity index is 1.20. The summed E-state index contributed by atoms with van der Waals surface area (Å²) in [5, 5.41) is 8.61. The maximum atomic E-state index is 6.68. The van der Waals surface area contributed by atoms with Crippen LogP contribution in [0.1, 0.15) is 0 Å². The molecule has 0 saturated carbocycles. The zero-order valence-electron chi connectivity index (χ0n) is 27.7. The normalized spacial score (nSPS) is 11.8. The fraction of sp³-hybridized carbons (Fsp3) is 0. The molecule has 0 amide bonds. The van der Waals surface area contributed by atoms with Crippen LogP contribution in [0.15, 0.2) is 173 Å². The van der Waals surface area contributed by atoms with E-state index in [1.165, 1.54) is 0 Å². The summed E-state index contributed by atoms with van der Waals surface area (Å²) in [5.41, 5.74) is 8.37. The number of para-hydroxylation sites is 2. The minimum Gasteiger partial charge on any atom is -0.456 e. The summed E-state index contributed by atoms with van der Waals surface area (Å²) in [6.45, 7) is 0. The van der Waals surface area contributed by atoms with Gasteiger partial charge in [-0.25, -0.2) is 15.0 Å². The number of nitrogens with zero attached hydrogens (tertiary/aromatic N) is 3. The van der Waals surface area contributed by atoms with E-state index in [2.05, 4.69) is 78.9 Å². The lowest BCUT2D eigenvalue weighted by molar-refractivity contribution is 0.668. The van der Waals surface area contributed by atoms with Crippen molar-refractivity contribution in [3.63, 3.8) is 0 Å². The van der Waals surface area contributed by atoms with Gasteiger partial charge in [0.1, 0.15) is 22.3 Å². The van der Waals surface area contributed by atoms with Gasteiger partial charge in [-0.15, -0.1) is 0 Å². The predicted octanol–water partition coefficient (Wildman–Crippen LogP) is 12.6. The molecule has 8 aromatic carbocycles. The second-order valence-electron chi connectivity index (χ2n) is 13.1. The smallest absolute Gasteiger partial charge is 0.164 e. The zero-order chi connectivity index (χ0) is 34.2. The highest BCUT2D eigenvalue weighted by atomic mass is 16.3. The molecular weight excluding hydrogens is 639 g/mol. The first-order chi connectivity index (χ1) is 25.8. The van der Waals surface area contributed by atoms with Crippen LogP contribution in [0.2, 0.25) is 0 Å². The Morgan fingerprint density at radius 2 is 0.827 bits per heavy atom. The largest absolute Gasteiger partial charge is 0.456 e. The van der Waals surface area contributed by atoms with Gasteiger partial charge >= 0.3 is 0 Å².